The van der Waals surface area contributed by atoms with Crippen LogP contribution in [-0.2, 0) is 0 Å². The summed E-state index contributed by atoms with van der Waals surface area (Å²) >= 11 is 0. The highest BCUT2D eigenvalue weighted by Crippen LogP contribution is 2.13. The van der Waals surface area contributed by atoms with Gasteiger partial charge in [0.2, 0.25) is 0 Å². The van der Waals surface area contributed by atoms with Crippen molar-refractivity contribution in [3.63, 3.8) is 0 Å². The molecule has 1 rings (SSSR count). The van der Waals surface area contributed by atoms with Crippen molar-refractivity contribution in [1.29, 1.82) is 0 Å². The van der Waals surface area contributed by atoms with Gasteiger partial charge in [-0.25, -0.2) is 4.39 Å². The maximum Gasteiger partial charge on any atom is 0.256 e. The number of nitrogens with zero attached hydrogens (tertiary/aromatic N) is 1. The zero-order valence-corrected chi connectivity index (χ0v) is 12.1. The van der Waals surface area contributed by atoms with Gasteiger partial charge >= 0.3 is 0 Å². The van der Waals surface area contributed by atoms with Crippen molar-refractivity contribution in [2.75, 3.05) is 19.6 Å². The van der Waals surface area contributed by atoms with Gasteiger partial charge in [-0.2, -0.15) is 0 Å². The monoisotopic (exact) mass is 276 g/mol. The molecule has 0 aliphatic carbocycles. The number of carbonyl (C=O) groups excluding carboxylic acids is 1. The molecule has 0 aliphatic heterocycles. The Kier molecular flexibility index (Phi) is 6.75. The van der Waals surface area contributed by atoms with E-state index in [1.54, 1.807) is 11.0 Å². The molecule has 0 saturated heterocycles. The molecule has 1 aromatic rings. The molecule has 0 unspecified atom stereocenters. The topological polar surface area (TPSA) is 46.3 Å². The molecule has 0 radical (unpaired) electrons. The van der Waals surface area contributed by atoms with Crippen LogP contribution < -0.4 is 5.73 Å². The van der Waals surface area contributed by atoms with Gasteiger partial charge in [0.05, 0.1) is 12.1 Å². The summed E-state index contributed by atoms with van der Waals surface area (Å²) in [7, 11) is 0. The average Bonchev–Trinajstić information content (AvgIpc) is 2.45. The molecule has 3 nitrogen and oxygen atoms in total. The highest BCUT2D eigenvalue weighted by molar-refractivity contribution is 5.94. The summed E-state index contributed by atoms with van der Waals surface area (Å²) in [6.07, 6.45) is 1.69. The van der Waals surface area contributed by atoms with Gasteiger partial charge in [0.1, 0.15) is 5.82 Å². The second-order valence-corrected chi connectivity index (χ2v) is 4.49. The molecule has 4 heteroatoms. The minimum atomic E-state index is -0.509. The summed E-state index contributed by atoms with van der Waals surface area (Å²) in [4.78, 5) is 14.1. The third-order valence-electron chi connectivity index (χ3n) is 2.81. The molecule has 2 N–H and O–H groups in total. The Labute approximate surface area is 120 Å². The van der Waals surface area contributed by atoms with Gasteiger partial charge in [-0.15, -0.1) is 0 Å². The number of rotatable bonds is 5. The summed E-state index contributed by atoms with van der Waals surface area (Å²) in [5.74, 6) is 4.73. The quantitative estimate of drug-likeness (QED) is 0.839. The van der Waals surface area contributed by atoms with E-state index in [0.29, 0.717) is 18.7 Å². The van der Waals surface area contributed by atoms with Crippen LogP contribution in [0.25, 0.3) is 0 Å². The van der Waals surface area contributed by atoms with Gasteiger partial charge in [0.25, 0.3) is 5.91 Å². The van der Waals surface area contributed by atoms with Gasteiger partial charge in [-0.3, -0.25) is 4.79 Å². The third-order valence-corrected chi connectivity index (χ3v) is 2.81. The molecule has 0 aliphatic rings. The normalized spacial score (nSPS) is 9.80. The lowest BCUT2D eigenvalue weighted by Crippen LogP contribution is -2.33. The molecule has 1 amide bonds. The lowest BCUT2D eigenvalue weighted by Gasteiger charge is -2.21. The minimum absolute atomic E-state index is 0.0794. The van der Waals surface area contributed by atoms with E-state index in [4.69, 9.17) is 5.73 Å². The van der Waals surface area contributed by atoms with Crippen molar-refractivity contribution < 1.29 is 9.18 Å². The van der Waals surface area contributed by atoms with E-state index in [9.17, 15) is 9.18 Å². The van der Waals surface area contributed by atoms with E-state index in [2.05, 4.69) is 11.8 Å². The van der Waals surface area contributed by atoms with Gasteiger partial charge in [-0.1, -0.05) is 25.7 Å². The van der Waals surface area contributed by atoms with Crippen LogP contribution in [0.3, 0.4) is 0 Å². The van der Waals surface area contributed by atoms with E-state index in [0.717, 1.165) is 12.8 Å². The van der Waals surface area contributed by atoms with E-state index >= 15 is 0 Å². The Bertz CT molecular complexity index is 511. The zero-order valence-electron chi connectivity index (χ0n) is 12.1. The minimum Gasteiger partial charge on any atom is -0.339 e. The Morgan fingerprint density at radius 1 is 1.30 bits per heavy atom. The molecular formula is C16H21FN2O. The first-order chi connectivity index (χ1) is 9.63. The second-order valence-electron chi connectivity index (χ2n) is 4.49. The van der Waals surface area contributed by atoms with Crippen LogP contribution in [0.2, 0.25) is 0 Å². The molecule has 0 aromatic heterocycles. The Morgan fingerprint density at radius 2 is 1.95 bits per heavy atom. The molecule has 0 heterocycles. The Morgan fingerprint density at radius 3 is 2.50 bits per heavy atom. The molecule has 0 saturated carbocycles. The molecule has 0 atom stereocenters. The average molecular weight is 276 g/mol. The summed E-state index contributed by atoms with van der Waals surface area (Å²) in [6, 6.07) is 4.33. The molecule has 108 valence electrons. The number of hydrogen-bond donors (Lipinski definition) is 1. The van der Waals surface area contributed by atoms with Gasteiger partial charge in [0, 0.05) is 18.7 Å². The van der Waals surface area contributed by atoms with Crippen molar-refractivity contribution in [2.45, 2.75) is 26.7 Å². The van der Waals surface area contributed by atoms with Gasteiger partial charge in [-0.05, 0) is 31.0 Å². The van der Waals surface area contributed by atoms with Crippen LogP contribution in [0.5, 0.6) is 0 Å². The molecule has 0 fully saturated rings. The van der Waals surface area contributed by atoms with Crippen LogP contribution in [-0.4, -0.2) is 30.4 Å². The van der Waals surface area contributed by atoms with E-state index in [-0.39, 0.29) is 18.0 Å². The number of carbonyl (C=O) groups is 1. The van der Waals surface area contributed by atoms with Crippen LogP contribution in [0.4, 0.5) is 4.39 Å². The number of halogens is 1. The fraction of sp³-hybridized carbons (Fsp3) is 0.438. The number of nitrogens with two attached hydrogens (primary N) is 1. The van der Waals surface area contributed by atoms with Crippen molar-refractivity contribution in [3.05, 3.63) is 35.1 Å². The number of hydrogen-bond acceptors (Lipinski definition) is 2. The highest BCUT2D eigenvalue weighted by atomic mass is 19.1. The van der Waals surface area contributed by atoms with Crippen LogP contribution >= 0.6 is 0 Å². The van der Waals surface area contributed by atoms with E-state index in [1.807, 2.05) is 13.8 Å². The number of benzene rings is 1. The summed E-state index contributed by atoms with van der Waals surface area (Å²) in [5, 5.41) is 0. The van der Waals surface area contributed by atoms with Crippen molar-refractivity contribution in [2.24, 2.45) is 5.73 Å². The zero-order chi connectivity index (χ0) is 15.0. The fourth-order valence-electron chi connectivity index (χ4n) is 1.95. The smallest absolute Gasteiger partial charge is 0.256 e. The predicted molar refractivity (Wildman–Crippen MR) is 78.8 cm³/mol. The van der Waals surface area contributed by atoms with Crippen molar-refractivity contribution >= 4 is 5.91 Å². The van der Waals surface area contributed by atoms with Crippen molar-refractivity contribution in [1.82, 2.24) is 4.90 Å². The van der Waals surface area contributed by atoms with E-state index in [1.165, 1.54) is 12.1 Å². The lowest BCUT2D eigenvalue weighted by atomic mass is 10.1. The second kappa shape index (κ2) is 8.34. The predicted octanol–water partition coefficient (Wildman–Crippen LogP) is 2.40. The maximum atomic E-state index is 13.9. The summed E-state index contributed by atoms with van der Waals surface area (Å²) < 4.78 is 13.9. The molecular weight excluding hydrogens is 255 g/mol. The third kappa shape index (κ3) is 4.36. The largest absolute Gasteiger partial charge is 0.339 e. The molecule has 0 spiro atoms. The molecule has 20 heavy (non-hydrogen) atoms. The van der Waals surface area contributed by atoms with Gasteiger partial charge in [0.15, 0.2) is 0 Å². The molecule has 0 bridgehead atoms. The maximum absolute atomic E-state index is 13.9. The molecule has 1 aromatic carbocycles. The number of amides is 1. The first kappa shape index (κ1) is 16.2. The first-order valence-corrected chi connectivity index (χ1v) is 6.91. The standard InChI is InChI=1S/C16H21FN2O/c1-3-10-19(11-4-2)16(20)14-12-13(6-5-9-18)7-8-15(14)17/h7-8,12H,3-4,9-11,18H2,1-2H3. The SMILES string of the molecule is CCCN(CCC)C(=O)c1cc(C#CCN)ccc1F. The lowest BCUT2D eigenvalue weighted by molar-refractivity contribution is 0.0751. The van der Waals surface area contributed by atoms with Crippen LogP contribution in [0, 0.1) is 17.7 Å². The Balaban J connectivity index is 3.06. The van der Waals surface area contributed by atoms with Crippen molar-refractivity contribution in [3.8, 4) is 11.8 Å². The summed E-state index contributed by atoms with van der Waals surface area (Å²) in [5.41, 5.74) is 5.99. The van der Waals surface area contributed by atoms with E-state index < -0.39 is 5.82 Å². The van der Waals surface area contributed by atoms with Crippen LogP contribution in [0.1, 0.15) is 42.6 Å². The first-order valence-electron chi connectivity index (χ1n) is 6.91. The summed E-state index contributed by atoms with van der Waals surface area (Å²) in [6.45, 7) is 5.49. The van der Waals surface area contributed by atoms with Gasteiger partial charge < -0.3 is 10.6 Å². The Hall–Kier alpha value is -1.86. The van der Waals surface area contributed by atoms with Crippen LogP contribution in [0.15, 0.2) is 18.2 Å². The fourth-order valence-corrected chi connectivity index (χ4v) is 1.95. The highest BCUT2D eigenvalue weighted by Gasteiger charge is 2.18.